The number of benzene rings is 1. The Hall–Kier alpha value is -2.63. The van der Waals surface area contributed by atoms with Crippen LogP contribution in [0.1, 0.15) is 48.6 Å². The maximum Gasteiger partial charge on any atom is 0.330 e. The van der Waals surface area contributed by atoms with E-state index in [1.165, 1.54) is 0 Å². The average molecular weight is 315 g/mol. The second-order valence-electron chi connectivity index (χ2n) is 6.41. The third kappa shape index (κ3) is 3.77. The first kappa shape index (κ1) is 16.7. The zero-order valence-corrected chi connectivity index (χ0v) is 13.7. The predicted octanol–water partition coefficient (Wildman–Crippen LogP) is 2.50. The highest BCUT2D eigenvalue weighted by molar-refractivity contribution is 5.95. The van der Waals surface area contributed by atoms with E-state index in [0.29, 0.717) is 5.56 Å². The van der Waals surface area contributed by atoms with E-state index in [9.17, 15) is 14.7 Å². The number of carbonyl (C=O) groups is 2. The zero-order valence-electron chi connectivity index (χ0n) is 13.7. The highest BCUT2D eigenvalue weighted by atomic mass is 16.4. The number of hydrogen-bond acceptors (Lipinski definition) is 3. The fourth-order valence-corrected chi connectivity index (χ4v) is 2.40. The number of aromatic nitrogens is 2. The molecular weight excluding hydrogens is 294 g/mol. The van der Waals surface area contributed by atoms with Gasteiger partial charge < -0.3 is 10.4 Å². The number of aliphatic carboxylic acids is 1. The van der Waals surface area contributed by atoms with Gasteiger partial charge in [0.05, 0.1) is 5.54 Å². The molecule has 2 N–H and O–H groups in total. The lowest BCUT2D eigenvalue weighted by Crippen LogP contribution is -2.34. The summed E-state index contributed by atoms with van der Waals surface area (Å²) < 4.78 is 1.75. The molecule has 6 heteroatoms. The third-order valence-electron chi connectivity index (χ3n) is 3.41. The highest BCUT2D eigenvalue weighted by Gasteiger charge is 2.25. The van der Waals surface area contributed by atoms with Gasteiger partial charge in [0.2, 0.25) is 0 Å². The van der Waals surface area contributed by atoms with Crippen LogP contribution in [0.5, 0.6) is 0 Å². The van der Waals surface area contributed by atoms with Crippen molar-refractivity contribution in [1.29, 1.82) is 0 Å². The van der Waals surface area contributed by atoms with Gasteiger partial charge in [0.25, 0.3) is 5.91 Å². The smallest absolute Gasteiger partial charge is 0.330 e. The monoisotopic (exact) mass is 315 g/mol. The van der Waals surface area contributed by atoms with Crippen molar-refractivity contribution in [3.63, 3.8) is 0 Å². The topological polar surface area (TPSA) is 84.2 Å². The van der Waals surface area contributed by atoms with Crippen molar-refractivity contribution < 1.29 is 14.7 Å². The molecule has 1 aromatic heterocycles. The fourth-order valence-electron chi connectivity index (χ4n) is 2.40. The Balaban J connectivity index is 2.25. The van der Waals surface area contributed by atoms with Gasteiger partial charge in [0.1, 0.15) is 5.69 Å². The first-order chi connectivity index (χ1) is 10.7. The van der Waals surface area contributed by atoms with Gasteiger partial charge in [-0.1, -0.05) is 30.3 Å². The molecular formula is C17H21N3O3. The lowest BCUT2D eigenvalue weighted by Gasteiger charge is -2.21. The van der Waals surface area contributed by atoms with E-state index >= 15 is 0 Å². The maximum atomic E-state index is 12.4. The summed E-state index contributed by atoms with van der Waals surface area (Å²) in [6.07, 6.45) is 0. The van der Waals surface area contributed by atoms with Crippen LogP contribution < -0.4 is 5.32 Å². The Morgan fingerprint density at radius 2 is 1.83 bits per heavy atom. The van der Waals surface area contributed by atoms with E-state index < -0.39 is 17.9 Å². The molecule has 1 atom stereocenters. The van der Waals surface area contributed by atoms with Crippen LogP contribution in [0, 0.1) is 6.92 Å². The normalized spacial score (nSPS) is 12.7. The standard InChI is InChI=1S/C17H21N3O3/c1-11-10-13(19-20(11)17(2,3)4)15(21)18-14(16(22)23)12-8-6-5-7-9-12/h5-10,14H,1-4H3,(H,18,21)(H,22,23). The van der Waals surface area contributed by atoms with Crippen molar-refractivity contribution in [3.8, 4) is 0 Å². The van der Waals surface area contributed by atoms with Gasteiger partial charge in [-0.05, 0) is 39.3 Å². The molecule has 0 bridgehead atoms. The Labute approximate surface area is 135 Å². The van der Waals surface area contributed by atoms with E-state index in [0.717, 1.165) is 5.69 Å². The van der Waals surface area contributed by atoms with Gasteiger partial charge in [-0.25, -0.2) is 4.79 Å². The molecule has 2 rings (SSSR count). The van der Waals surface area contributed by atoms with E-state index in [1.807, 2.05) is 27.7 Å². The van der Waals surface area contributed by atoms with E-state index in [2.05, 4.69) is 10.4 Å². The molecule has 0 fully saturated rings. The summed E-state index contributed by atoms with van der Waals surface area (Å²) in [6.45, 7) is 7.82. The largest absolute Gasteiger partial charge is 0.479 e. The Bertz CT molecular complexity index is 714. The van der Waals surface area contributed by atoms with Crippen molar-refractivity contribution in [2.24, 2.45) is 0 Å². The number of nitrogens with one attached hydrogen (secondary N) is 1. The minimum atomic E-state index is -1.11. The van der Waals surface area contributed by atoms with Gasteiger partial charge >= 0.3 is 5.97 Å². The first-order valence-corrected chi connectivity index (χ1v) is 7.36. The number of nitrogens with zero attached hydrogens (tertiary/aromatic N) is 2. The molecule has 0 aliphatic carbocycles. The van der Waals surface area contributed by atoms with Gasteiger partial charge in [0.15, 0.2) is 6.04 Å². The number of amides is 1. The molecule has 122 valence electrons. The van der Waals surface area contributed by atoms with E-state index in [1.54, 1.807) is 41.1 Å². The molecule has 0 aliphatic rings. The van der Waals surface area contributed by atoms with Gasteiger partial charge in [-0.2, -0.15) is 5.10 Å². The average Bonchev–Trinajstić information content (AvgIpc) is 2.87. The molecule has 0 radical (unpaired) electrons. The minimum absolute atomic E-state index is 0.208. The van der Waals surface area contributed by atoms with Gasteiger partial charge in [0, 0.05) is 5.69 Å². The Morgan fingerprint density at radius 1 is 1.22 bits per heavy atom. The summed E-state index contributed by atoms with van der Waals surface area (Å²) in [4.78, 5) is 23.8. The van der Waals surface area contributed by atoms with Crippen LogP contribution >= 0.6 is 0 Å². The number of rotatable bonds is 4. The summed E-state index contributed by atoms with van der Waals surface area (Å²) in [6, 6.07) is 9.13. The van der Waals surface area contributed by atoms with Crippen LogP contribution in [0.25, 0.3) is 0 Å². The Morgan fingerprint density at radius 3 is 2.30 bits per heavy atom. The second-order valence-corrected chi connectivity index (χ2v) is 6.41. The van der Waals surface area contributed by atoms with Crippen LogP contribution in [0.2, 0.25) is 0 Å². The molecule has 1 aromatic carbocycles. The van der Waals surface area contributed by atoms with Gasteiger partial charge in [-0.15, -0.1) is 0 Å². The number of carboxylic acids is 1. The van der Waals surface area contributed by atoms with Crippen molar-refractivity contribution in [3.05, 3.63) is 53.3 Å². The SMILES string of the molecule is Cc1cc(C(=O)NC(C(=O)O)c2ccccc2)nn1C(C)(C)C. The van der Waals surface area contributed by atoms with E-state index in [-0.39, 0.29) is 11.2 Å². The molecule has 2 aromatic rings. The number of hydrogen-bond donors (Lipinski definition) is 2. The summed E-state index contributed by atoms with van der Waals surface area (Å²) in [7, 11) is 0. The maximum absolute atomic E-state index is 12.4. The fraction of sp³-hybridized carbons (Fsp3) is 0.353. The number of aryl methyl sites for hydroxylation is 1. The van der Waals surface area contributed by atoms with Crippen LogP contribution in [0.3, 0.4) is 0 Å². The molecule has 1 amide bonds. The van der Waals surface area contributed by atoms with Crippen molar-refractivity contribution in [1.82, 2.24) is 15.1 Å². The quantitative estimate of drug-likeness (QED) is 0.908. The van der Waals surface area contributed by atoms with Crippen LogP contribution in [-0.4, -0.2) is 26.8 Å². The summed E-state index contributed by atoms with van der Waals surface area (Å²) in [5, 5.41) is 16.2. The molecule has 0 aliphatic heterocycles. The molecule has 23 heavy (non-hydrogen) atoms. The van der Waals surface area contributed by atoms with Crippen molar-refractivity contribution in [2.45, 2.75) is 39.3 Å². The molecule has 0 spiro atoms. The van der Waals surface area contributed by atoms with Gasteiger partial charge in [-0.3, -0.25) is 9.48 Å². The van der Waals surface area contributed by atoms with Crippen LogP contribution in [0.4, 0.5) is 0 Å². The summed E-state index contributed by atoms with van der Waals surface area (Å²) in [5.41, 5.74) is 1.31. The Kier molecular flexibility index (Phi) is 4.54. The van der Waals surface area contributed by atoms with Crippen LogP contribution in [0.15, 0.2) is 36.4 Å². The number of carboxylic acid groups (broad SMARTS) is 1. The molecule has 1 heterocycles. The van der Waals surface area contributed by atoms with Crippen LogP contribution in [-0.2, 0) is 10.3 Å². The number of carbonyl (C=O) groups excluding carboxylic acids is 1. The summed E-state index contributed by atoms with van der Waals surface area (Å²) >= 11 is 0. The lowest BCUT2D eigenvalue weighted by atomic mass is 10.1. The second kappa shape index (κ2) is 6.24. The predicted molar refractivity (Wildman–Crippen MR) is 86.2 cm³/mol. The zero-order chi connectivity index (χ0) is 17.2. The third-order valence-corrected chi connectivity index (χ3v) is 3.41. The summed E-state index contributed by atoms with van der Waals surface area (Å²) in [5.74, 6) is -1.62. The molecule has 0 saturated carbocycles. The first-order valence-electron chi connectivity index (χ1n) is 7.36. The molecule has 0 saturated heterocycles. The highest BCUT2D eigenvalue weighted by Crippen LogP contribution is 2.18. The van der Waals surface area contributed by atoms with Crippen molar-refractivity contribution >= 4 is 11.9 Å². The van der Waals surface area contributed by atoms with E-state index in [4.69, 9.17) is 0 Å². The van der Waals surface area contributed by atoms with Crippen molar-refractivity contribution in [2.75, 3.05) is 0 Å². The molecule has 6 nitrogen and oxygen atoms in total. The minimum Gasteiger partial charge on any atom is -0.479 e. The lowest BCUT2D eigenvalue weighted by molar-refractivity contribution is -0.139. The molecule has 1 unspecified atom stereocenters.